The smallest absolute Gasteiger partial charge is 0.329 e. The molecule has 3 rings (SSSR count). The Balaban J connectivity index is 1.51. The summed E-state index contributed by atoms with van der Waals surface area (Å²) in [5.74, 6) is -1.12. The van der Waals surface area contributed by atoms with Crippen LogP contribution in [0.2, 0.25) is 0 Å². The highest BCUT2D eigenvalue weighted by Gasteiger charge is 2.36. The molecule has 0 unspecified atom stereocenters. The van der Waals surface area contributed by atoms with E-state index in [4.69, 9.17) is 4.74 Å². The lowest BCUT2D eigenvalue weighted by atomic mass is 10.2. The van der Waals surface area contributed by atoms with Gasteiger partial charge in [-0.2, -0.15) is 0 Å². The fourth-order valence-electron chi connectivity index (χ4n) is 3.07. The number of thiophene rings is 1. The number of carbonyl (C=O) groups is 3. The molecule has 1 aliphatic heterocycles. The Labute approximate surface area is 167 Å². The fraction of sp³-hybridized carbons (Fsp3) is 0.350. The van der Waals surface area contributed by atoms with Gasteiger partial charge in [0, 0.05) is 32.0 Å². The Morgan fingerprint density at radius 2 is 1.96 bits per heavy atom. The highest BCUT2D eigenvalue weighted by molar-refractivity contribution is 7.12. The first-order chi connectivity index (χ1) is 13.5. The largest absolute Gasteiger partial charge is 0.454 e. The molecule has 1 N–H and O–H groups in total. The van der Waals surface area contributed by atoms with Crippen LogP contribution in [0.5, 0.6) is 0 Å². The Bertz CT molecular complexity index is 834. The highest BCUT2D eigenvalue weighted by Crippen LogP contribution is 2.23. The maximum absolute atomic E-state index is 12.5. The summed E-state index contributed by atoms with van der Waals surface area (Å²) >= 11 is 1.34. The number of hydrogen-bond donors (Lipinski definition) is 1. The Kier molecular flexibility index (Phi) is 6.30. The summed E-state index contributed by atoms with van der Waals surface area (Å²) in [6, 6.07) is 10.2. The lowest BCUT2D eigenvalue weighted by molar-refractivity contribution is -0.151. The van der Waals surface area contributed by atoms with Crippen molar-refractivity contribution in [2.45, 2.75) is 18.9 Å². The molecule has 8 heteroatoms. The van der Waals surface area contributed by atoms with Gasteiger partial charge in [-0.15, -0.1) is 11.3 Å². The third kappa shape index (κ3) is 4.69. The molecule has 1 atom stereocenters. The second kappa shape index (κ2) is 8.88. The third-order valence-electron chi connectivity index (χ3n) is 4.53. The topological polar surface area (TPSA) is 79.0 Å². The van der Waals surface area contributed by atoms with Crippen LogP contribution < -0.4 is 10.2 Å². The van der Waals surface area contributed by atoms with E-state index in [2.05, 4.69) is 5.32 Å². The molecule has 1 aliphatic rings. The van der Waals surface area contributed by atoms with Crippen molar-refractivity contribution >= 4 is 40.5 Å². The van der Waals surface area contributed by atoms with Gasteiger partial charge in [-0.25, -0.2) is 4.79 Å². The zero-order valence-corrected chi connectivity index (χ0v) is 16.7. The molecular formula is C20H23N3O4S. The number of anilines is 2. The van der Waals surface area contributed by atoms with Gasteiger partial charge < -0.3 is 19.9 Å². The minimum Gasteiger partial charge on any atom is -0.454 e. The summed E-state index contributed by atoms with van der Waals surface area (Å²) in [4.78, 5) is 41.1. The van der Waals surface area contributed by atoms with Crippen LogP contribution in [-0.2, 0) is 14.3 Å². The Hall–Kier alpha value is -2.87. The van der Waals surface area contributed by atoms with Gasteiger partial charge >= 0.3 is 5.97 Å². The van der Waals surface area contributed by atoms with Crippen molar-refractivity contribution in [3.05, 3.63) is 46.7 Å². The van der Waals surface area contributed by atoms with E-state index in [0.29, 0.717) is 23.5 Å². The van der Waals surface area contributed by atoms with Gasteiger partial charge in [0.25, 0.3) is 11.8 Å². The molecule has 2 aromatic rings. The van der Waals surface area contributed by atoms with Crippen LogP contribution in [0.25, 0.3) is 0 Å². The van der Waals surface area contributed by atoms with E-state index in [1.165, 1.54) is 16.2 Å². The van der Waals surface area contributed by atoms with Crippen molar-refractivity contribution < 1.29 is 19.1 Å². The molecule has 0 spiro atoms. The zero-order chi connectivity index (χ0) is 20.1. The average molecular weight is 401 g/mol. The van der Waals surface area contributed by atoms with Crippen LogP contribution in [-0.4, -0.2) is 56.0 Å². The highest BCUT2D eigenvalue weighted by atomic mass is 32.1. The van der Waals surface area contributed by atoms with Crippen molar-refractivity contribution in [2.75, 3.05) is 37.5 Å². The Morgan fingerprint density at radius 1 is 1.21 bits per heavy atom. The molecule has 1 aromatic heterocycles. The number of hydrogen-bond acceptors (Lipinski definition) is 6. The minimum absolute atomic E-state index is 0.167. The molecule has 2 heterocycles. The summed E-state index contributed by atoms with van der Waals surface area (Å²) < 4.78 is 5.17. The van der Waals surface area contributed by atoms with Gasteiger partial charge in [0.15, 0.2) is 6.61 Å². The summed E-state index contributed by atoms with van der Waals surface area (Å²) in [7, 11) is 3.87. The molecule has 0 bridgehead atoms. The predicted octanol–water partition coefficient (Wildman–Crippen LogP) is 2.60. The molecule has 148 valence electrons. The first-order valence-electron chi connectivity index (χ1n) is 9.04. The normalized spacial score (nSPS) is 15.9. The van der Waals surface area contributed by atoms with Crippen LogP contribution in [0, 0.1) is 0 Å². The van der Waals surface area contributed by atoms with Crippen molar-refractivity contribution in [2.24, 2.45) is 0 Å². The summed E-state index contributed by atoms with van der Waals surface area (Å²) in [5, 5.41) is 4.52. The predicted molar refractivity (Wildman–Crippen MR) is 109 cm³/mol. The first-order valence-corrected chi connectivity index (χ1v) is 9.92. The summed E-state index contributed by atoms with van der Waals surface area (Å²) in [6.07, 6.45) is 1.28. The van der Waals surface area contributed by atoms with Gasteiger partial charge in [-0.3, -0.25) is 9.59 Å². The number of ether oxygens (including phenoxy) is 1. The molecule has 1 aromatic carbocycles. The van der Waals surface area contributed by atoms with Crippen LogP contribution in [0.15, 0.2) is 41.8 Å². The number of amides is 2. The number of benzene rings is 1. The zero-order valence-electron chi connectivity index (χ0n) is 15.9. The van der Waals surface area contributed by atoms with Gasteiger partial charge in [-0.05, 0) is 48.6 Å². The fourth-order valence-corrected chi connectivity index (χ4v) is 3.75. The van der Waals surface area contributed by atoms with E-state index in [1.807, 2.05) is 36.5 Å². The van der Waals surface area contributed by atoms with Crippen molar-refractivity contribution in [3.8, 4) is 0 Å². The van der Waals surface area contributed by atoms with Crippen LogP contribution in [0.4, 0.5) is 11.4 Å². The number of nitrogens with one attached hydrogen (secondary N) is 1. The second-order valence-electron chi connectivity index (χ2n) is 6.73. The number of nitrogens with zero attached hydrogens (tertiary/aromatic N) is 2. The second-order valence-corrected chi connectivity index (χ2v) is 7.68. The van der Waals surface area contributed by atoms with E-state index in [0.717, 1.165) is 12.1 Å². The van der Waals surface area contributed by atoms with E-state index >= 15 is 0 Å². The maximum atomic E-state index is 12.5. The molecule has 28 heavy (non-hydrogen) atoms. The monoisotopic (exact) mass is 401 g/mol. The molecule has 0 aliphatic carbocycles. The van der Waals surface area contributed by atoms with Crippen molar-refractivity contribution in [3.63, 3.8) is 0 Å². The van der Waals surface area contributed by atoms with Crippen molar-refractivity contribution in [1.29, 1.82) is 0 Å². The maximum Gasteiger partial charge on any atom is 0.329 e. The number of esters is 1. The SMILES string of the molecule is CN(C)c1ccc(NC(=O)COC(=O)[C@@H]2CCCN2C(=O)c2cccs2)cc1. The lowest BCUT2D eigenvalue weighted by Gasteiger charge is -2.22. The van der Waals surface area contributed by atoms with Crippen LogP contribution in [0.3, 0.4) is 0 Å². The van der Waals surface area contributed by atoms with E-state index < -0.39 is 17.9 Å². The third-order valence-corrected chi connectivity index (χ3v) is 5.39. The van der Waals surface area contributed by atoms with Gasteiger partial charge in [0.2, 0.25) is 0 Å². The molecule has 0 radical (unpaired) electrons. The molecule has 1 fully saturated rings. The molecule has 0 saturated carbocycles. The molecule has 7 nitrogen and oxygen atoms in total. The van der Waals surface area contributed by atoms with E-state index in [9.17, 15) is 14.4 Å². The lowest BCUT2D eigenvalue weighted by Crippen LogP contribution is -2.41. The number of carbonyl (C=O) groups excluding carboxylic acids is 3. The van der Waals surface area contributed by atoms with E-state index in [-0.39, 0.29) is 12.5 Å². The molecule has 2 amide bonds. The quantitative estimate of drug-likeness (QED) is 0.753. The summed E-state index contributed by atoms with van der Waals surface area (Å²) in [5.41, 5.74) is 1.64. The average Bonchev–Trinajstić information content (AvgIpc) is 3.38. The first kappa shape index (κ1) is 19.9. The van der Waals surface area contributed by atoms with Crippen LogP contribution in [0.1, 0.15) is 22.5 Å². The van der Waals surface area contributed by atoms with Crippen LogP contribution >= 0.6 is 11.3 Å². The summed E-state index contributed by atoms with van der Waals surface area (Å²) in [6.45, 7) is 0.132. The molecular weight excluding hydrogens is 378 g/mol. The number of rotatable bonds is 6. The minimum atomic E-state index is -0.637. The van der Waals surface area contributed by atoms with Gasteiger partial charge in [-0.1, -0.05) is 6.07 Å². The van der Waals surface area contributed by atoms with Gasteiger partial charge in [0.05, 0.1) is 4.88 Å². The van der Waals surface area contributed by atoms with E-state index in [1.54, 1.807) is 24.3 Å². The number of likely N-dealkylation sites (tertiary alicyclic amines) is 1. The van der Waals surface area contributed by atoms with Gasteiger partial charge in [0.1, 0.15) is 6.04 Å². The molecule has 1 saturated heterocycles. The standard InChI is InChI=1S/C20H23N3O4S/c1-22(2)15-9-7-14(8-10-15)21-18(24)13-27-20(26)16-5-3-11-23(16)19(25)17-6-4-12-28-17/h4,6-10,12,16H,3,5,11,13H2,1-2H3,(H,21,24)/t16-/m0/s1. The van der Waals surface area contributed by atoms with Crippen molar-refractivity contribution in [1.82, 2.24) is 4.90 Å². The Morgan fingerprint density at radius 3 is 2.61 bits per heavy atom.